The van der Waals surface area contributed by atoms with Crippen molar-refractivity contribution in [1.29, 1.82) is 0 Å². The van der Waals surface area contributed by atoms with Crippen LogP contribution in [0.5, 0.6) is 0 Å². The van der Waals surface area contributed by atoms with E-state index in [-0.39, 0.29) is 6.42 Å². The Kier molecular flexibility index (Phi) is 5.73. The van der Waals surface area contributed by atoms with Gasteiger partial charge < -0.3 is 14.7 Å². The first-order valence-electron chi connectivity index (χ1n) is 12.8. The lowest BCUT2D eigenvalue weighted by Crippen LogP contribution is -2.39. The van der Waals surface area contributed by atoms with Crippen LogP contribution in [-0.4, -0.2) is 77.9 Å². The van der Waals surface area contributed by atoms with Gasteiger partial charge in [0.05, 0.1) is 12.4 Å². The maximum absolute atomic E-state index is 12.8. The molecule has 1 aliphatic carbocycles. The molecule has 5 nitrogen and oxygen atoms in total. The molecule has 0 bridgehead atoms. The van der Waals surface area contributed by atoms with E-state index in [9.17, 15) is 13.2 Å². The Morgan fingerprint density at radius 3 is 2.33 bits per heavy atom. The monoisotopic (exact) mass is 495 g/mol. The maximum atomic E-state index is 12.8. The lowest BCUT2D eigenvalue weighted by molar-refractivity contribution is -0.134. The molecule has 0 atom stereocenters. The summed E-state index contributed by atoms with van der Waals surface area (Å²) in [7, 11) is 0. The van der Waals surface area contributed by atoms with E-state index in [2.05, 4.69) is 37.8 Å². The van der Waals surface area contributed by atoms with E-state index in [1.165, 1.54) is 22.3 Å². The molecular formula is C28H32F3N5. The van der Waals surface area contributed by atoms with Crippen LogP contribution in [-0.2, 0) is 6.42 Å². The van der Waals surface area contributed by atoms with Crippen molar-refractivity contribution >= 4 is 11.9 Å². The van der Waals surface area contributed by atoms with Gasteiger partial charge in [-0.25, -0.2) is 0 Å². The van der Waals surface area contributed by atoms with Crippen LogP contribution >= 0.6 is 0 Å². The second-order valence-corrected chi connectivity index (χ2v) is 10.7. The number of rotatable bonds is 7. The van der Waals surface area contributed by atoms with Gasteiger partial charge in [-0.15, -0.1) is 0 Å². The minimum absolute atomic E-state index is 0.0861. The topological polar surface area (TPSA) is 35.0 Å². The van der Waals surface area contributed by atoms with E-state index < -0.39 is 12.6 Å². The molecule has 0 N–H and O–H groups in total. The predicted octanol–water partition coefficient (Wildman–Crippen LogP) is 4.91. The van der Waals surface area contributed by atoms with E-state index in [0.717, 1.165) is 87.9 Å². The highest BCUT2D eigenvalue weighted by atomic mass is 19.4. The molecule has 0 radical (unpaired) electrons. The van der Waals surface area contributed by atoms with Crippen LogP contribution in [0.15, 0.2) is 58.4 Å². The molecule has 6 rings (SSSR count). The third kappa shape index (κ3) is 4.70. The molecule has 1 fully saturated rings. The standard InChI is InChI=1S/C28H32F3N5/c1-18(22-9-26(5-7-28(29,30)31)33-27(10-22)20-3-4-20)35-14-24-16-36(17-25(24)15-35)19(2)34-8-6-21-11-32-12-23(21)13-34/h9-11,20H,1-8,12-17H2. The van der Waals surface area contributed by atoms with Gasteiger partial charge in [-0.05, 0) is 60.1 Å². The second-order valence-electron chi connectivity index (χ2n) is 10.7. The number of nitrogens with zero attached hydrogens (tertiary/aromatic N) is 5. The van der Waals surface area contributed by atoms with Gasteiger partial charge in [0.2, 0.25) is 0 Å². The average molecular weight is 496 g/mol. The SMILES string of the molecule is C=C(c1cc(CCC(F)(F)F)nc(C2CC2)c1)N1CC2=C(C1)CN(C(=C)N1CCC3=C(CN=C3)C1)C2. The molecule has 0 spiro atoms. The summed E-state index contributed by atoms with van der Waals surface area (Å²) in [6, 6.07) is 3.85. The zero-order chi connectivity index (χ0) is 25.0. The predicted molar refractivity (Wildman–Crippen MR) is 136 cm³/mol. The van der Waals surface area contributed by atoms with Gasteiger partial charge in [-0.1, -0.05) is 13.2 Å². The van der Waals surface area contributed by atoms with Crippen molar-refractivity contribution in [3.63, 3.8) is 0 Å². The Morgan fingerprint density at radius 2 is 1.64 bits per heavy atom. The summed E-state index contributed by atoms with van der Waals surface area (Å²) in [5.74, 6) is 1.46. The third-order valence-electron chi connectivity index (χ3n) is 8.05. The van der Waals surface area contributed by atoms with E-state index in [4.69, 9.17) is 0 Å². The number of pyridine rings is 1. The van der Waals surface area contributed by atoms with Crippen molar-refractivity contribution in [2.24, 2.45) is 4.99 Å². The summed E-state index contributed by atoms with van der Waals surface area (Å²) in [6.45, 7) is 14.9. The van der Waals surface area contributed by atoms with Crippen LogP contribution in [0.3, 0.4) is 0 Å². The smallest absolute Gasteiger partial charge is 0.363 e. The van der Waals surface area contributed by atoms with Crippen molar-refractivity contribution in [3.8, 4) is 0 Å². The molecule has 0 unspecified atom stereocenters. The molecule has 0 amide bonds. The Balaban J connectivity index is 1.09. The zero-order valence-corrected chi connectivity index (χ0v) is 20.6. The number of hydrogen-bond acceptors (Lipinski definition) is 5. The van der Waals surface area contributed by atoms with Gasteiger partial charge in [0.25, 0.3) is 0 Å². The number of aryl methyl sites for hydroxylation is 1. The fourth-order valence-corrected chi connectivity index (χ4v) is 5.74. The Morgan fingerprint density at radius 1 is 0.944 bits per heavy atom. The van der Waals surface area contributed by atoms with Crippen molar-refractivity contribution in [2.45, 2.75) is 44.2 Å². The maximum Gasteiger partial charge on any atom is 0.389 e. The van der Waals surface area contributed by atoms with Gasteiger partial charge in [0.1, 0.15) is 0 Å². The van der Waals surface area contributed by atoms with Crippen LogP contribution in [0.25, 0.3) is 5.70 Å². The largest absolute Gasteiger partial charge is 0.389 e. The molecule has 8 heteroatoms. The average Bonchev–Trinajstić information content (AvgIpc) is 3.27. The number of aromatic nitrogens is 1. The Labute approximate surface area is 210 Å². The fraction of sp³-hybridized carbons (Fsp3) is 0.500. The van der Waals surface area contributed by atoms with Gasteiger partial charge >= 0.3 is 6.18 Å². The molecule has 4 aliphatic heterocycles. The summed E-state index contributed by atoms with van der Waals surface area (Å²) >= 11 is 0. The molecule has 190 valence electrons. The molecule has 36 heavy (non-hydrogen) atoms. The summed E-state index contributed by atoms with van der Waals surface area (Å²) in [5, 5.41) is 0. The molecule has 1 aromatic heterocycles. The molecule has 1 aromatic rings. The molecule has 0 aromatic carbocycles. The first kappa shape index (κ1) is 23.4. The second kappa shape index (κ2) is 8.82. The van der Waals surface area contributed by atoms with Crippen LogP contribution in [0.4, 0.5) is 13.2 Å². The van der Waals surface area contributed by atoms with Gasteiger partial charge in [-0.2, -0.15) is 13.2 Å². The molecule has 5 heterocycles. The van der Waals surface area contributed by atoms with Crippen LogP contribution in [0, 0.1) is 0 Å². The number of halogens is 3. The summed E-state index contributed by atoms with van der Waals surface area (Å²) in [6.07, 6.45) is 0.0687. The van der Waals surface area contributed by atoms with E-state index in [1.807, 2.05) is 18.3 Å². The third-order valence-corrected chi connectivity index (χ3v) is 8.05. The fourth-order valence-electron chi connectivity index (χ4n) is 5.74. The minimum Gasteiger partial charge on any atom is -0.363 e. The molecule has 1 saturated carbocycles. The molecule has 0 saturated heterocycles. The Bertz CT molecular complexity index is 1190. The highest BCUT2D eigenvalue weighted by Crippen LogP contribution is 2.41. The number of alkyl halides is 3. The first-order chi connectivity index (χ1) is 17.2. The highest BCUT2D eigenvalue weighted by Gasteiger charge is 2.34. The highest BCUT2D eigenvalue weighted by molar-refractivity contribution is 5.83. The Hall–Kier alpha value is -3.03. The van der Waals surface area contributed by atoms with E-state index >= 15 is 0 Å². The van der Waals surface area contributed by atoms with E-state index in [1.54, 1.807) is 0 Å². The summed E-state index contributed by atoms with van der Waals surface area (Å²) in [4.78, 5) is 16.0. The zero-order valence-electron chi connectivity index (χ0n) is 20.6. The van der Waals surface area contributed by atoms with Crippen molar-refractivity contribution < 1.29 is 13.2 Å². The summed E-state index contributed by atoms with van der Waals surface area (Å²) in [5.41, 5.74) is 8.86. The van der Waals surface area contributed by atoms with Gasteiger partial charge in [-0.3, -0.25) is 9.98 Å². The lowest BCUT2D eigenvalue weighted by Gasteiger charge is -2.37. The number of hydrogen-bond donors (Lipinski definition) is 0. The van der Waals surface area contributed by atoms with Crippen LogP contribution in [0.2, 0.25) is 0 Å². The molecular weight excluding hydrogens is 463 g/mol. The molecule has 5 aliphatic rings. The minimum atomic E-state index is -4.18. The van der Waals surface area contributed by atoms with E-state index in [0.29, 0.717) is 11.6 Å². The normalized spacial score (nSPS) is 21.6. The summed E-state index contributed by atoms with van der Waals surface area (Å²) < 4.78 is 38.5. The van der Waals surface area contributed by atoms with Crippen molar-refractivity contribution in [1.82, 2.24) is 19.7 Å². The first-order valence-corrected chi connectivity index (χ1v) is 12.8. The van der Waals surface area contributed by atoms with Crippen molar-refractivity contribution in [3.05, 3.63) is 70.4 Å². The quantitative estimate of drug-likeness (QED) is 0.504. The van der Waals surface area contributed by atoms with Gasteiger partial charge in [0, 0.05) is 80.5 Å². The van der Waals surface area contributed by atoms with Crippen molar-refractivity contribution in [2.75, 3.05) is 45.8 Å². The van der Waals surface area contributed by atoms with Crippen LogP contribution < -0.4 is 0 Å². The van der Waals surface area contributed by atoms with Gasteiger partial charge in [0.15, 0.2) is 0 Å². The lowest BCUT2D eigenvalue weighted by atomic mass is 10.0. The van der Waals surface area contributed by atoms with Crippen LogP contribution in [0.1, 0.15) is 48.6 Å². The number of aliphatic imine (C=N–C) groups is 1.